The molecule has 2 rings (SSSR count). The molecule has 3 heteroatoms. The first-order valence-corrected chi connectivity index (χ1v) is 6.05. The summed E-state index contributed by atoms with van der Waals surface area (Å²) in [6, 6.07) is 7.92. The number of fused-ring (bicyclic) bond motifs is 1. The highest BCUT2D eigenvalue weighted by Crippen LogP contribution is 2.30. The molecule has 2 aromatic rings. The fourth-order valence-corrected chi connectivity index (χ4v) is 2.09. The molecule has 3 nitrogen and oxygen atoms in total. The second-order valence-corrected chi connectivity index (χ2v) is 5.40. The van der Waals surface area contributed by atoms with Gasteiger partial charge < -0.3 is 5.32 Å². The minimum Gasteiger partial charge on any atom is -0.354 e. The molecule has 0 aliphatic heterocycles. The van der Waals surface area contributed by atoms with Crippen LogP contribution < -0.4 is 5.32 Å². The van der Waals surface area contributed by atoms with Crippen molar-refractivity contribution in [3.8, 4) is 0 Å². The zero-order valence-corrected chi connectivity index (χ0v) is 11.2. The van der Waals surface area contributed by atoms with E-state index in [0.717, 1.165) is 16.3 Å². The number of carbonyl (C=O) groups excluding carboxylic acids is 1. The molecule has 94 valence electrons. The van der Waals surface area contributed by atoms with E-state index in [0.29, 0.717) is 5.69 Å². The Morgan fingerprint density at radius 3 is 2.33 bits per heavy atom. The fraction of sp³-hybridized carbons (Fsp3) is 0.333. The number of amides is 1. The lowest BCUT2D eigenvalue weighted by Crippen LogP contribution is -2.21. The third kappa shape index (κ3) is 2.08. The highest BCUT2D eigenvalue weighted by Gasteiger charge is 2.20. The van der Waals surface area contributed by atoms with Gasteiger partial charge in [-0.05, 0) is 16.4 Å². The first-order chi connectivity index (χ1) is 8.45. The zero-order chi connectivity index (χ0) is 13.3. The van der Waals surface area contributed by atoms with E-state index in [1.807, 2.05) is 30.5 Å². The second kappa shape index (κ2) is 4.41. The van der Waals surface area contributed by atoms with Crippen LogP contribution in [0.3, 0.4) is 0 Å². The van der Waals surface area contributed by atoms with Crippen molar-refractivity contribution in [1.29, 1.82) is 0 Å². The van der Waals surface area contributed by atoms with Gasteiger partial charge in [-0.1, -0.05) is 45.0 Å². The Labute approximate surface area is 107 Å². The molecular formula is C15H18N2O. The Hall–Kier alpha value is -1.90. The van der Waals surface area contributed by atoms with Crippen LogP contribution in [0, 0.1) is 0 Å². The van der Waals surface area contributed by atoms with Crippen LogP contribution in [0.25, 0.3) is 10.8 Å². The van der Waals surface area contributed by atoms with Crippen molar-refractivity contribution in [2.45, 2.75) is 26.2 Å². The molecule has 1 aromatic carbocycles. The van der Waals surface area contributed by atoms with E-state index in [9.17, 15) is 4.79 Å². The predicted molar refractivity (Wildman–Crippen MR) is 73.8 cm³/mol. The summed E-state index contributed by atoms with van der Waals surface area (Å²) in [7, 11) is 1.62. The number of benzene rings is 1. The third-order valence-corrected chi connectivity index (χ3v) is 3.05. The van der Waals surface area contributed by atoms with Crippen LogP contribution in [0.4, 0.5) is 0 Å². The maximum atomic E-state index is 11.8. The lowest BCUT2D eigenvalue weighted by Gasteiger charge is -2.21. The highest BCUT2D eigenvalue weighted by atomic mass is 16.1. The highest BCUT2D eigenvalue weighted by molar-refractivity contribution is 6.06. The molecule has 0 spiro atoms. The lowest BCUT2D eigenvalue weighted by atomic mass is 9.84. The van der Waals surface area contributed by atoms with E-state index in [-0.39, 0.29) is 11.3 Å². The van der Waals surface area contributed by atoms with E-state index in [2.05, 4.69) is 31.1 Å². The molecule has 0 unspecified atom stereocenters. The Kier molecular flexibility index (Phi) is 3.07. The SMILES string of the molecule is CNC(=O)c1ncc(C(C)(C)C)c2ccccc12. The summed E-state index contributed by atoms with van der Waals surface area (Å²) in [5.74, 6) is -0.147. The molecule has 1 amide bonds. The molecule has 0 fully saturated rings. The average Bonchev–Trinajstić information content (AvgIpc) is 2.35. The average molecular weight is 242 g/mol. The number of rotatable bonds is 1. The first kappa shape index (κ1) is 12.6. The van der Waals surface area contributed by atoms with Gasteiger partial charge in [0, 0.05) is 18.6 Å². The van der Waals surface area contributed by atoms with Crippen LogP contribution in [0.1, 0.15) is 36.8 Å². The van der Waals surface area contributed by atoms with Gasteiger partial charge in [-0.2, -0.15) is 0 Å². The van der Waals surface area contributed by atoms with Gasteiger partial charge in [-0.25, -0.2) is 0 Å². The van der Waals surface area contributed by atoms with Gasteiger partial charge in [0.2, 0.25) is 0 Å². The van der Waals surface area contributed by atoms with Crippen molar-refractivity contribution in [1.82, 2.24) is 10.3 Å². The molecule has 0 aliphatic rings. The molecule has 0 saturated carbocycles. The Morgan fingerprint density at radius 2 is 1.78 bits per heavy atom. The van der Waals surface area contributed by atoms with E-state index < -0.39 is 0 Å². The van der Waals surface area contributed by atoms with Crippen molar-refractivity contribution in [3.05, 3.63) is 41.7 Å². The van der Waals surface area contributed by atoms with Crippen molar-refractivity contribution in [2.75, 3.05) is 7.05 Å². The van der Waals surface area contributed by atoms with Gasteiger partial charge in [0.05, 0.1) is 0 Å². The smallest absolute Gasteiger partial charge is 0.270 e. The minimum absolute atomic E-state index is 0.00776. The van der Waals surface area contributed by atoms with Crippen molar-refractivity contribution >= 4 is 16.7 Å². The monoisotopic (exact) mass is 242 g/mol. The molecule has 0 aliphatic carbocycles. The molecule has 1 aromatic heterocycles. The number of aromatic nitrogens is 1. The van der Waals surface area contributed by atoms with Crippen LogP contribution >= 0.6 is 0 Å². The Balaban J connectivity index is 2.78. The molecule has 0 radical (unpaired) electrons. The number of hydrogen-bond donors (Lipinski definition) is 1. The number of pyridine rings is 1. The maximum Gasteiger partial charge on any atom is 0.270 e. The first-order valence-electron chi connectivity index (χ1n) is 6.05. The Bertz CT molecular complexity index is 597. The van der Waals surface area contributed by atoms with Crippen molar-refractivity contribution in [2.24, 2.45) is 0 Å². The second-order valence-electron chi connectivity index (χ2n) is 5.40. The van der Waals surface area contributed by atoms with Gasteiger partial charge in [0.15, 0.2) is 0 Å². The molecule has 1 heterocycles. The third-order valence-electron chi connectivity index (χ3n) is 3.05. The topological polar surface area (TPSA) is 42.0 Å². The van der Waals surface area contributed by atoms with E-state index >= 15 is 0 Å². The number of nitrogens with zero attached hydrogens (tertiary/aromatic N) is 1. The van der Waals surface area contributed by atoms with Crippen molar-refractivity contribution in [3.63, 3.8) is 0 Å². The summed E-state index contributed by atoms with van der Waals surface area (Å²) in [5, 5.41) is 4.63. The van der Waals surface area contributed by atoms with Crippen LogP contribution in [-0.4, -0.2) is 17.9 Å². The number of nitrogens with one attached hydrogen (secondary N) is 1. The zero-order valence-electron chi connectivity index (χ0n) is 11.2. The van der Waals surface area contributed by atoms with Gasteiger partial charge >= 0.3 is 0 Å². The van der Waals surface area contributed by atoms with Crippen LogP contribution in [0.2, 0.25) is 0 Å². The van der Waals surface area contributed by atoms with Gasteiger partial charge in [-0.15, -0.1) is 0 Å². The van der Waals surface area contributed by atoms with E-state index in [4.69, 9.17) is 0 Å². The van der Waals surface area contributed by atoms with Crippen LogP contribution in [0.5, 0.6) is 0 Å². The van der Waals surface area contributed by atoms with E-state index in [1.165, 1.54) is 0 Å². The standard InChI is InChI=1S/C15H18N2O/c1-15(2,3)12-9-17-13(14(18)16-4)11-8-6-5-7-10(11)12/h5-9H,1-4H3,(H,16,18). The normalized spacial score (nSPS) is 11.6. The summed E-state index contributed by atoms with van der Waals surface area (Å²) in [6.07, 6.45) is 1.81. The fourth-order valence-electron chi connectivity index (χ4n) is 2.09. The quantitative estimate of drug-likeness (QED) is 0.835. The summed E-state index contributed by atoms with van der Waals surface area (Å²) in [5.41, 5.74) is 1.65. The van der Waals surface area contributed by atoms with Crippen molar-refractivity contribution < 1.29 is 4.79 Å². The summed E-state index contributed by atoms with van der Waals surface area (Å²) in [4.78, 5) is 16.1. The van der Waals surface area contributed by atoms with Crippen LogP contribution in [0.15, 0.2) is 30.5 Å². The summed E-state index contributed by atoms with van der Waals surface area (Å²) >= 11 is 0. The van der Waals surface area contributed by atoms with Gasteiger partial charge in [0.25, 0.3) is 5.91 Å². The molecule has 0 saturated heterocycles. The minimum atomic E-state index is -0.147. The summed E-state index contributed by atoms with van der Waals surface area (Å²) < 4.78 is 0. The van der Waals surface area contributed by atoms with Crippen LogP contribution in [-0.2, 0) is 5.41 Å². The summed E-state index contributed by atoms with van der Waals surface area (Å²) in [6.45, 7) is 6.45. The van der Waals surface area contributed by atoms with Gasteiger partial charge in [-0.3, -0.25) is 9.78 Å². The molecule has 1 N–H and O–H groups in total. The largest absolute Gasteiger partial charge is 0.354 e. The lowest BCUT2D eigenvalue weighted by molar-refractivity contribution is 0.0960. The number of hydrogen-bond acceptors (Lipinski definition) is 2. The Morgan fingerprint density at radius 1 is 1.17 bits per heavy atom. The molecular weight excluding hydrogens is 224 g/mol. The molecule has 0 bridgehead atoms. The predicted octanol–water partition coefficient (Wildman–Crippen LogP) is 2.89. The molecule has 0 atom stereocenters. The number of carbonyl (C=O) groups is 1. The maximum absolute atomic E-state index is 11.8. The molecule has 18 heavy (non-hydrogen) atoms. The van der Waals surface area contributed by atoms with E-state index in [1.54, 1.807) is 7.05 Å². The van der Waals surface area contributed by atoms with Gasteiger partial charge in [0.1, 0.15) is 5.69 Å².